The van der Waals surface area contributed by atoms with Crippen molar-refractivity contribution in [3.63, 3.8) is 0 Å². The van der Waals surface area contributed by atoms with E-state index in [1.807, 2.05) is 0 Å². The van der Waals surface area contributed by atoms with Gasteiger partial charge in [0.15, 0.2) is 0 Å². The Hall–Kier alpha value is -3.95. The summed E-state index contributed by atoms with van der Waals surface area (Å²) in [5.41, 5.74) is -0.499. The largest absolute Gasteiger partial charge is 0.496 e. The van der Waals surface area contributed by atoms with Crippen LogP contribution in [0.5, 0.6) is 5.75 Å². The zero-order valence-corrected chi connectivity index (χ0v) is 16.4. The van der Waals surface area contributed by atoms with Gasteiger partial charge in [0.05, 0.1) is 12.0 Å². The first-order chi connectivity index (χ1) is 14.2. The van der Waals surface area contributed by atoms with Crippen LogP contribution in [0.1, 0.15) is 12.5 Å². The van der Waals surface area contributed by atoms with Crippen LogP contribution in [0.25, 0.3) is 0 Å². The minimum absolute atomic E-state index is 0.185. The van der Waals surface area contributed by atoms with Crippen molar-refractivity contribution in [1.82, 2.24) is 10.2 Å². The Labute approximate surface area is 172 Å². The van der Waals surface area contributed by atoms with Crippen LogP contribution in [0, 0.1) is 10.1 Å². The average Bonchev–Trinajstić information content (AvgIpc) is 2.91. The second-order valence-corrected chi connectivity index (χ2v) is 7.00. The molecule has 1 aliphatic heterocycles. The SMILES string of the molecule is COc1ccccc1C[C@]1(C)NC(=O)N(CC(=O)Nc2cccc([N+](=O)[O-])c2)C1=O. The lowest BCUT2D eigenvalue weighted by Crippen LogP contribution is -2.46. The smallest absolute Gasteiger partial charge is 0.325 e. The number of amides is 4. The molecule has 2 aromatic carbocycles. The van der Waals surface area contributed by atoms with Gasteiger partial charge in [0, 0.05) is 24.2 Å². The summed E-state index contributed by atoms with van der Waals surface area (Å²) in [5.74, 6) is -0.615. The van der Waals surface area contributed by atoms with E-state index in [9.17, 15) is 24.5 Å². The van der Waals surface area contributed by atoms with Gasteiger partial charge >= 0.3 is 6.03 Å². The van der Waals surface area contributed by atoms with Crippen molar-refractivity contribution < 1.29 is 24.0 Å². The quantitative estimate of drug-likeness (QED) is 0.407. The van der Waals surface area contributed by atoms with E-state index in [0.717, 1.165) is 10.5 Å². The zero-order valence-electron chi connectivity index (χ0n) is 16.4. The van der Waals surface area contributed by atoms with Gasteiger partial charge in [-0.2, -0.15) is 0 Å². The first kappa shape index (κ1) is 20.8. The molecule has 0 bridgehead atoms. The Balaban J connectivity index is 1.70. The lowest BCUT2D eigenvalue weighted by molar-refractivity contribution is -0.384. The number of imide groups is 1. The molecule has 0 radical (unpaired) electrons. The Morgan fingerprint density at radius 3 is 2.67 bits per heavy atom. The molecule has 0 saturated carbocycles. The third-order valence-electron chi connectivity index (χ3n) is 4.72. The predicted molar refractivity (Wildman–Crippen MR) is 107 cm³/mol. The summed E-state index contributed by atoms with van der Waals surface area (Å²) in [6, 6.07) is 11.8. The van der Waals surface area contributed by atoms with Gasteiger partial charge in [-0.05, 0) is 24.6 Å². The Kier molecular flexibility index (Phi) is 5.67. The second kappa shape index (κ2) is 8.19. The van der Waals surface area contributed by atoms with Gasteiger partial charge < -0.3 is 15.4 Å². The average molecular weight is 412 g/mol. The molecule has 10 heteroatoms. The molecule has 1 atom stereocenters. The molecule has 30 heavy (non-hydrogen) atoms. The number of rotatable bonds is 7. The fourth-order valence-electron chi connectivity index (χ4n) is 3.28. The van der Waals surface area contributed by atoms with Crippen LogP contribution in [0.2, 0.25) is 0 Å². The van der Waals surface area contributed by atoms with Crippen LogP contribution in [-0.2, 0) is 16.0 Å². The fourth-order valence-corrected chi connectivity index (χ4v) is 3.28. The molecule has 4 amide bonds. The Morgan fingerprint density at radius 2 is 1.97 bits per heavy atom. The summed E-state index contributed by atoms with van der Waals surface area (Å²) in [6.45, 7) is 1.06. The van der Waals surface area contributed by atoms with Crippen molar-refractivity contribution in [1.29, 1.82) is 0 Å². The molecule has 0 spiro atoms. The normalized spacial score (nSPS) is 18.1. The molecule has 1 saturated heterocycles. The van der Waals surface area contributed by atoms with Crippen LogP contribution in [0.3, 0.4) is 0 Å². The maximum Gasteiger partial charge on any atom is 0.325 e. The molecule has 0 aromatic heterocycles. The van der Waals surface area contributed by atoms with Crippen molar-refractivity contribution in [2.75, 3.05) is 19.0 Å². The van der Waals surface area contributed by atoms with E-state index < -0.39 is 34.9 Å². The molecule has 10 nitrogen and oxygen atoms in total. The molecule has 2 N–H and O–H groups in total. The minimum Gasteiger partial charge on any atom is -0.496 e. The van der Waals surface area contributed by atoms with Gasteiger partial charge in [0.2, 0.25) is 5.91 Å². The number of hydrogen-bond donors (Lipinski definition) is 2. The highest BCUT2D eigenvalue weighted by molar-refractivity contribution is 6.10. The van der Waals surface area contributed by atoms with Crippen molar-refractivity contribution in [2.24, 2.45) is 0 Å². The number of hydrogen-bond acceptors (Lipinski definition) is 6. The third kappa shape index (κ3) is 4.22. The van der Waals surface area contributed by atoms with Crippen LogP contribution in [0.4, 0.5) is 16.2 Å². The summed E-state index contributed by atoms with van der Waals surface area (Å²) in [4.78, 5) is 48.7. The first-order valence-corrected chi connectivity index (χ1v) is 9.04. The second-order valence-electron chi connectivity index (χ2n) is 7.00. The molecule has 3 rings (SSSR count). The maximum absolute atomic E-state index is 12.9. The highest BCUT2D eigenvalue weighted by Crippen LogP contribution is 2.27. The molecule has 1 fully saturated rings. The number of carbonyl (C=O) groups is 3. The van der Waals surface area contributed by atoms with E-state index >= 15 is 0 Å². The number of non-ortho nitro benzene ring substituents is 1. The van der Waals surface area contributed by atoms with Gasteiger partial charge in [-0.25, -0.2) is 4.79 Å². The fraction of sp³-hybridized carbons (Fsp3) is 0.250. The summed E-state index contributed by atoms with van der Waals surface area (Å²) >= 11 is 0. The van der Waals surface area contributed by atoms with Crippen molar-refractivity contribution in [3.8, 4) is 5.75 Å². The molecular formula is C20H20N4O6. The van der Waals surface area contributed by atoms with Gasteiger partial charge in [-0.15, -0.1) is 0 Å². The third-order valence-corrected chi connectivity index (χ3v) is 4.72. The van der Waals surface area contributed by atoms with Gasteiger partial charge in [-0.1, -0.05) is 24.3 Å². The molecule has 2 aromatic rings. The maximum atomic E-state index is 12.9. The Morgan fingerprint density at radius 1 is 1.23 bits per heavy atom. The van der Waals surface area contributed by atoms with Crippen molar-refractivity contribution in [3.05, 3.63) is 64.2 Å². The molecule has 1 heterocycles. The predicted octanol–water partition coefficient (Wildman–Crippen LogP) is 2.10. The number of nitro groups is 1. The van der Waals surface area contributed by atoms with E-state index in [1.165, 1.54) is 31.4 Å². The molecule has 156 valence electrons. The zero-order chi connectivity index (χ0) is 21.9. The number of nitro benzene ring substituents is 1. The molecule has 0 aliphatic carbocycles. The topological polar surface area (TPSA) is 131 Å². The molecule has 0 unspecified atom stereocenters. The van der Waals surface area contributed by atoms with Gasteiger partial charge in [0.1, 0.15) is 17.8 Å². The first-order valence-electron chi connectivity index (χ1n) is 9.04. The summed E-state index contributed by atoms with van der Waals surface area (Å²) in [5, 5.41) is 15.9. The summed E-state index contributed by atoms with van der Waals surface area (Å²) < 4.78 is 5.30. The number of anilines is 1. The minimum atomic E-state index is -1.24. The summed E-state index contributed by atoms with van der Waals surface area (Å²) in [6.07, 6.45) is 0.185. The molecular weight excluding hydrogens is 392 g/mol. The lowest BCUT2D eigenvalue weighted by atomic mass is 9.92. The number of urea groups is 1. The van der Waals surface area contributed by atoms with Gasteiger partial charge in [0.25, 0.3) is 11.6 Å². The van der Waals surface area contributed by atoms with Crippen molar-refractivity contribution in [2.45, 2.75) is 18.9 Å². The highest BCUT2D eigenvalue weighted by Gasteiger charge is 2.48. The monoisotopic (exact) mass is 412 g/mol. The van der Waals surface area contributed by atoms with Gasteiger partial charge in [-0.3, -0.25) is 24.6 Å². The lowest BCUT2D eigenvalue weighted by Gasteiger charge is -2.22. The number of methoxy groups -OCH3 is 1. The molecule has 1 aliphatic rings. The number of ether oxygens (including phenoxy) is 1. The number of nitrogens with zero attached hydrogens (tertiary/aromatic N) is 2. The van der Waals surface area contributed by atoms with Crippen molar-refractivity contribution >= 4 is 29.2 Å². The van der Waals surface area contributed by atoms with Crippen LogP contribution < -0.4 is 15.4 Å². The highest BCUT2D eigenvalue weighted by atomic mass is 16.6. The van der Waals surface area contributed by atoms with Crippen LogP contribution in [-0.4, -0.2) is 46.9 Å². The van der Waals surface area contributed by atoms with E-state index in [4.69, 9.17) is 4.74 Å². The number of nitrogens with one attached hydrogen (secondary N) is 2. The number of carbonyl (C=O) groups excluding carboxylic acids is 3. The standard InChI is InChI=1S/C20H20N4O6/c1-20(11-13-6-3-4-9-16(13)30-2)18(26)23(19(27)22-20)12-17(25)21-14-7-5-8-15(10-14)24(28)29/h3-10H,11-12H2,1-2H3,(H,21,25)(H,22,27)/t20-/m0/s1. The van der Waals surface area contributed by atoms with E-state index in [1.54, 1.807) is 31.2 Å². The number of benzene rings is 2. The summed E-state index contributed by atoms with van der Waals surface area (Å²) in [7, 11) is 1.51. The number of para-hydroxylation sites is 1. The van der Waals surface area contributed by atoms with Crippen LogP contribution in [0.15, 0.2) is 48.5 Å². The van der Waals surface area contributed by atoms with E-state index in [-0.39, 0.29) is 17.8 Å². The van der Waals surface area contributed by atoms with E-state index in [2.05, 4.69) is 10.6 Å². The van der Waals surface area contributed by atoms with Crippen LogP contribution >= 0.6 is 0 Å². The Bertz CT molecular complexity index is 1020. The van der Waals surface area contributed by atoms with E-state index in [0.29, 0.717) is 5.75 Å².